The molecule has 0 aliphatic carbocycles. The van der Waals surface area contributed by atoms with Crippen molar-refractivity contribution in [3.8, 4) is 0 Å². The number of hydrogen-bond donors (Lipinski definition) is 3. The lowest BCUT2D eigenvalue weighted by Gasteiger charge is -2.12. The number of aliphatic hydroxyl groups excluding tert-OH is 1. The van der Waals surface area contributed by atoms with Crippen LogP contribution in [0.15, 0.2) is 24.3 Å². The normalized spacial score (nSPS) is 10.4. The largest absolute Gasteiger partial charge is 0.399 e. The summed E-state index contributed by atoms with van der Waals surface area (Å²) in [6.45, 7) is 3.59. The standard InChI is InChI=1S/C6H6ClN.C4H11NO/c7-5-2-1-3-6(8)4-5;1-4(2,5)3-6/h1-4H,8H2;6H,3,5H2,1-2H3. The predicted octanol–water partition coefficient (Wildman–Crippen LogP) is 1.64. The fraction of sp³-hybridized carbons (Fsp3) is 0.400. The highest BCUT2D eigenvalue weighted by molar-refractivity contribution is 6.30. The number of nitrogens with two attached hydrogens (primary N) is 2. The van der Waals surface area contributed by atoms with Crippen LogP contribution in [0.25, 0.3) is 0 Å². The highest BCUT2D eigenvalue weighted by Crippen LogP contribution is 2.10. The van der Waals surface area contributed by atoms with E-state index in [1.807, 2.05) is 6.07 Å². The predicted molar refractivity (Wildman–Crippen MR) is 61.2 cm³/mol. The average molecular weight is 217 g/mol. The van der Waals surface area contributed by atoms with Crippen LogP contribution in [0.2, 0.25) is 5.02 Å². The molecule has 3 nitrogen and oxygen atoms in total. The van der Waals surface area contributed by atoms with Crippen molar-refractivity contribution in [2.75, 3.05) is 12.3 Å². The Kier molecular flexibility index (Phi) is 5.53. The van der Waals surface area contributed by atoms with E-state index in [0.29, 0.717) is 10.7 Å². The van der Waals surface area contributed by atoms with Gasteiger partial charge >= 0.3 is 0 Å². The molecule has 0 saturated heterocycles. The number of anilines is 1. The summed E-state index contributed by atoms with van der Waals surface area (Å²) in [7, 11) is 0. The molecule has 80 valence electrons. The van der Waals surface area contributed by atoms with Crippen LogP contribution < -0.4 is 11.5 Å². The van der Waals surface area contributed by atoms with Crippen LogP contribution in [-0.4, -0.2) is 17.3 Å². The highest BCUT2D eigenvalue weighted by Gasteiger charge is 2.05. The fourth-order valence-corrected chi connectivity index (χ4v) is 0.705. The lowest BCUT2D eigenvalue weighted by molar-refractivity contribution is 0.221. The van der Waals surface area contributed by atoms with Gasteiger partial charge in [0.2, 0.25) is 0 Å². The van der Waals surface area contributed by atoms with E-state index in [1.165, 1.54) is 0 Å². The van der Waals surface area contributed by atoms with E-state index in [2.05, 4.69) is 0 Å². The minimum Gasteiger partial charge on any atom is -0.399 e. The highest BCUT2D eigenvalue weighted by atomic mass is 35.5. The molecule has 0 aromatic heterocycles. The number of benzene rings is 1. The second-order valence-electron chi connectivity index (χ2n) is 3.70. The van der Waals surface area contributed by atoms with Crippen LogP contribution in [0.5, 0.6) is 0 Å². The third-order valence-electron chi connectivity index (χ3n) is 1.26. The molecule has 0 aliphatic rings. The molecule has 0 heterocycles. The van der Waals surface area contributed by atoms with Crippen LogP contribution in [0.1, 0.15) is 13.8 Å². The number of hydrogen-bond acceptors (Lipinski definition) is 3. The third-order valence-corrected chi connectivity index (χ3v) is 1.49. The summed E-state index contributed by atoms with van der Waals surface area (Å²) in [5, 5.41) is 8.96. The lowest BCUT2D eigenvalue weighted by Crippen LogP contribution is -2.35. The zero-order valence-corrected chi connectivity index (χ0v) is 9.25. The van der Waals surface area contributed by atoms with Crippen molar-refractivity contribution >= 4 is 17.3 Å². The molecule has 0 unspecified atom stereocenters. The van der Waals surface area contributed by atoms with Crippen LogP contribution in [0, 0.1) is 0 Å². The molecule has 0 radical (unpaired) electrons. The van der Waals surface area contributed by atoms with Crippen molar-refractivity contribution in [3.05, 3.63) is 29.3 Å². The van der Waals surface area contributed by atoms with Gasteiger partial charge in [-0.2, -0.15) is 0 Å². The molecule has 1 aromatic rings. The summed E-state index contributed by atoms with van der Waals surface area (Å²) in [5.74, 6) is 0. The van der Waals surface area contributed by atoms with Gasteiger partial charge in [-0.25, -0.2) is 0 Å². The SMILES string of the molecule is CC(C)(N)CO.Nc1cccc(Cl)c1. The van der Waals surface area contributed by atoms with E-state index in [0.717, 1.165) is 0 Å². The van der Waals surface area contributed by atoms with Crippen LogP contribution in [0.3, 0.4) is 0 Å². The minimum absolute atomic E-state index is 0.0486. The Morgan fingerprint density at radius 2 is 1.93 bits per heavy atom. The van der Waals surface area contributed by atoms with Crippen molar-refractivity contribution < 1.29 is 5.11 Å². The number of aliphatic hydroxyl groups is 1. The number of nitrogen functional groups attached to an aromatic ring is 1. The summed E-state index contributed by atoms with van der Waals surface area (Å²) in [5.41, 5.74) is 11.0. The second-order valence-corrected chi connectivity index (χ2v) is 4.14. The lowest BCUT2D eigenvalue weighted by atomic mass is 10.1. The van der Waals surface area contributed by atoms with Crippen molar-refractivity contribution in [2.45, 2.75) is 19.4 Å². The van der Waals surface area contributed by atoms with Gasteiger partial charge in [0, 0.05) is 16.2 Å². The van der Waals surface area contributed by atoms with Crippen molar-refractivity contribution in [3.63, 3.8) is 0 Å². The monoisotopic (exact) mass is 216 g/mol. The smallest absolute Gasteiger partial charge is 0.0605 e. The van der Waals surface area contributed by atoms with E-state index < -0.39 is 5.54 Å². The van der Waals surface area contributed by atoms with Gasteiger partial charge in [-0.05, 0) is 32.0 Å². The molecular formula is C10H17ClN2O. The summed E-state index contributed by atoms with van der Waals surface area (Å²) < 4.78 is 0. The number of halogens is 1. The number of rotatable bonds is 1. The Bertz CT molecular complexity index is 254. The van der Waals surface area contributed by atoms with Crippen LogP contribution >= 0.6 is 11.6 Å². The van der Waals surface area contributed by atoms with Gasteiger partial charge in [-0.15, -0.1) is 0 Å². The fourth-order valence-electron chi connectivity index (χ4n) is 0.507. The molecule has 0 aliphatic heterocycles. The summed E-state index contributed by atoms with van der Waals surface area (Å²) in [6, 6.07) is 7.11. The van der Waals surface area contributed by atoms with E-state index in [-0.39, 0.29) is 6.61 Å². The van der Waals surface area contributed by atoms with E-state index >= 15 is 0 Å². The van der Waals surface area contributed by atoms with Gasteiger partial charge in [-0.3, -0.25) is 0 Å². The van der Waals surface area contributed by atoms with Crippen molar-refractivity contribution in [1.82, 2.24) is 0 Å². The zero-order chi connectivity index (χ0) is 11.2. The molecule has 1 aromatic carbocycles. The third kappa shape index (κ3) is 7.86. The molecule has 0 bridgehead atoms. The minimum atomic E-state index is -0.403. The topological polar surface area (TPSA) is 72.3 Å². The van der Waals surface area contributed by atoms with Gasteiger partial charge in [0.05, 0.1) is 6.61 Å². The Morgan fingerprint density at radius 3 is 2.14 bits per heavy atom. The van der Waals surface area contributed by atoms with Gasteiger partial charge in [-0.1, -0.05) is 17.7 Å². The van der Waals surface area contributed by atoms with Crippen molar-refractivity contribution in [1.29, 1.82) is 0 Å². The van der Waals surface area contributed by atoms with E-state index in [9.17, 15) is 0 Å². The van der Waals surface area contributed by atoms with E-state index in [1.54, 1.807) is 32.0 Å². The first kappa shape index (κ1) is 13.2. The summed E-state index contributed by atoms with van der Waals surface area (Å²) >= 11 is 5.56. The maximum absolute atomic E-state index is 8.28. The molecule has 0 fully saturated rings. The van der Waals surface area contributed by atoms with Gasteiger partial charge < -0.3 is 16.6 Å². The van der Waals surface area contributed by atoms with Crippen molar-refractivity contribution in [2.24, 2.45) is 5.73 Å². The second kappa shape index (κ2) is 5.86. The molecule has 1 rings (SSSR count). The molecular weight excluding hydrogens is 200 g/mol. The first-order valence-corrected chi connectivity index (χ1v) is 4.64. The molecule has 0 spiro atoms. The van der Waals surface area contributed by atoms with Gasteiger partial charge in [0.1, 0.15) is 0 Å². The Hall–Kier alpha value is -0.770. The van der Waals surface area contributed by atoms with Gasteiger partial charge in [0.15, 0.2) is 0 Å². The molecule has 0 saturated carbocycles. The first-order chi connectivity index (χ1) is 6.35. The molecule has 0 atom stereocenters. The zero-order valence-electron chi connectivity index (χ0n) is 8.50. The van der Waals surface area contributed by atoms with E-state index in [4.69, 9.17) is 28.2 Å². The summed E-state index contributed by atoms with van der Waals surface area (Å²) in [4.78, 5) is 0. The average Bonchev–Trinajstić information content (AvgIpc) is 2.03. The molecule has 5 N–H and O–H groups in total. The Morgan fingerprint density at radius 1 is 1.43 bits per heavy atom. The van der Waals surface area contributed by atoms with Gasteiger partial charge in [0.25, 0.3) is 0 Å². The molecule has 4 heteroatoms. The maximum Gasteiger partial charge on any atom is 0.0605 e. The Labute approximate surface area is 89.7 Å². The van der Waals surface area contributed by atoms with Crippen LogP contribution in [0.4, 0.5) is 5.69 Å². The molecule has 0 amide bonds. The maximum atomic E-state index is 8.28. The molecule has 14 heavy (non-hydrogen) atoms. The van der Waals surface area contributed by atoms with Crippen LogP contribution in [-0.2, 0) is 0 Å². The Balaban J connectivity index is 0.000000255. The summed E-state index contributed by atoms with van der Waals surface area (Å²) in [6.07, 6.45) is 0. The first-order valence-electron chi connectivity index (χ1n) is 4.26. The quantitative estimate of drug-likeness (QED) is 0.625.